The summed E-state index contributed by atoms with van der Waals surface area (Å²) in [7, 11) is 0. The van der Waals surface area contributed by atoms with Gasteiger partial charge in [-0.3, -0.25) is 10.1 Å². The number of benzene rings is 1. The Morgan fingerprint density at radius 3 is 2.60 bits per heavy atom. The van der Waals surface area contributed by atoms with Crippen molar-refractivity contribution in [3.8, 4) is 5.88 Å². The summed E-state index contributed by atoms with van der Waals surface area (Å²) in [4.78, 5) is 19.2. The number of hydrogen-bond donors (Lipinski definition) is 1. The topological polar surface area (TPSA) is 90.2 Å². The number of aromatic nitrogens is 2. The van der Waals surface area contributed by atoms with Gasteiger partial charge in [-0.1, -0.05) is 12.5 Å². The Hall–Kier alpha value is -2.70. The van der Waals surface area contributed by atoms with Crippen LogP contribution in [0.3, 0.4) is 0 Å². The van der Waals surface area contributed by atoms with Crippen LogP contribution in [0.1, 0.15) is 43.2 Å². The third-order valence-electron chi connectivity index (χ3n) is 4.57. The lowest BCUT2D eigenvalue weighted by Gasteiger charge is -2.22. The Bertz CT molecular complexity index is 773. The van der Waals surface area contributed by atoms with E-state index in [4.69, 9.17) is 4.74 Å². The average Bonchev–Trinajstić information content (AvgIpc) is 2.59. The molecule has 7 heteroatoms. The van der Waals surface area contributed by atoms with E-state index in [0.29, 0.717) is 0 Å². The number of hydrogen-bond acceptors (Lipinski definition) is 6. The van der Waals surface area contributed by atoms with Gasteiger partial charge in [0.1, 0.15) is 12.4 Å². The van der Waals surface area contributed by atoms with Crippen molar-refractivity contribution < 1.29 is 9.66 Å². The fourth-order valence-corrected chi connectivity index (χ4v) is 3.00. The number of rotatable bonds is 5. The summed E-state index contributed by atoms with van der Waals surface area (Å²) in [6.45, 7) is 4.01. The SMILES string of the molecule is Cc1ccc(Nc2ncnc(OC3CCCCC3)c2[N+](=O)[O-])cc1C. The minimum Gasteiger partial charge on any atom is -0.469 e. The first-order valence-electron chi connectivity index (χ1n) is 8.55. The van der Waals surface area contributed by atoms with Crippen LogP contribution in [0.5, 0.6) is 5.88 Å². The second kappa shape index (κ2) is 7.46. The van der Waals surface area contributed by atoms with Crippen LogP contribution in [0, 0.1) is 24.0 Å². The number of nitrogens with one attached hydrogen (secondary N) is 1. The van der Waals surface area contributed by atoms with Gasteiger partial charge in [-0.05, 0) is 62.8 Å². The Morgan fingerprint density at radius 2 is 1.92 bits per heavy atom. The molecule has 1 aliphatic carbocycles. The minimum atomic E-state index is -0.485. The summed E-state index contributed by atoms with van der Waals surface area (Å²) in [5.74, 6) is 0.187. The van der Waals surface area contributed by atoms with Gasteiger partial charge in [-0.15, -0.1) is 0 Å². The molecular weight excluding hydrogens is 320 g/mol. The molecule has 1 N–H and O–H groups in total. The van der Waals surface area contributed by atoms with Gasteiger partial charge in [0, 0.05) is 5.69 Å². The monoisotopic (exact) mass is 342 g/mol. The molecule has 3 rings (SSSR count). The maximum absolute atomic E-state index is 11.6. The van der Waals surface area contributed by atoms with Gasteiger partial charge >= 0.3 is 5.69 Å². The first-order chi connectivity index (χ1) is 12.0. The molecule has 0 bridgehead atoms. The second-order valence-corrected chi connectivity index (χ2v) is 6.44. The van der Waals surface area contributed by atoms with Crippen LogP contribution in [-0.2, 0) is 0 Å². The Morgan fingerprint density at radius 1 is 1.16 bits per heavy atom. The number of aryl methyl sites for hydroxylation is 2. The van der Waals surface area contributed by atoms with Crippen LogP contribution < -0.4 is 10.1 Å². The van der Waals surface area contributed by atoms with Crippen molar-refractivity contribution in [3.05, 3.63) is 45.8 Å². The molecule has 1 aromatic heterocycles. The van der Waals surface area contributed by atoms with Crippen molar-refractivity contribution in [3.63, 3.8) is 0 Å². The van der Waals surface area contributed by atoms with Gasteiger partial charge in [0.25, 0.3) is 5.88 Å². The number of nitrogens with zero attached hydrogens (tertiary/aromatic N) is 3. The number of nitro groups is 1. The highest BCUT2D eigenvalue weighted by Gasteiger charge is 2.27. The van der Waals surface area contributed by atoms with Crippen LogP contribution in [0.15, 0.2) is 24.5 Å². The van der Waals surface area contributed by atoms with Crippen LogP contribution in [-0.4, -0.2) is 21.0 Å². The van der Waals surface area contributed by atoms with E-state index in [1.807, 2.05) is 32.0 Å². The van der Waals surface area contributed by atoms with Crippen molar-refractivity contribution in [2.75, 3.05) is 5.32 Å². The Kier molecular flexibility index (Phi) is 5.11. The average molecular weight is 342 g/mol. The van der Waals surface area contributed by atoms with E-state index in [-0.39, 0.29) is 23.5 Å². The fraction of sp³-hybridized carbons (Fsp3) is 0.444. The fourth-order valence-electron chi connectivity index (χ4n) is 3.00. The van der Waals surface area contributed by atoms with Crippen molar-refractivity contribution >= 4 is 17.2 Å². The van der Waals surface area contributed by atoms with Crippen LogP contribution in [0.2, 0.25) is 0 Å². The molecule has 1 aliphatic rings. The largest absolute Gasteiger partial charge is 0.469 e. The van der Waals surface area contributed by atoms with E-state index < -0.39 is 4.92 Å². The molecule has 0 aliphatic heterocycles. The van der Waals surface area contributed by atoms with E-state index >= 15 is 0 Å². The molecule has 1 heterocycles. The summed E-state index contributed by atoms with van der Waals surface area (Å²) in [6, 6.07) is 5.77. The third-order valence-corrected chi connectivity index (χ3v) is 4.57. The van der Waals surface area contributed by atoms with Crippen molar-refractivity contribution in [1.29, 1.82) is 0 Å². The van der Waals surface area contributed by atoms with Crippen molar-refractivity contribution in [2.24, 2.45) is 0 Å². The molecule has 0 amide bonds. The Balaban J connectivity index is 1.88. The lowest BCUT2D eigenvalue weighted by atomic mass is 9.98. The normalized spacial score (nSPS) is 15.0. The van der Waals surface area contributed by atoms with Crippen LogP contribution >= 0.6 is 0 Å². The molecule has 1 fully saturated rings. The summed E-state index contributed by atoms with van der Waals surface area (Å²) in [6.07, 6.45) is 6.44. The van der Waals surface area contributed by atoms with Gasteiger partial charge in [0.05, 0.1) is 4.92 Å². The molecular formula is C18H22N4O3. The molecule has 0 saturated heterocycles. The van der Waals surface area contributed by atoms with Gasteiger partial charge in [-0.25, -0.2) is 4.98 Å². The molecule has 25 heavy (non-hydrogen) atoms. The smallest absolute Gasteiger partial charge is 0.373 e. The molecule has 2 aromatic rings. The Labute approximate surface area is 146 Å². The zero-order valence-electron chi connectivity index (χ0n) is 14.5. The molecule has 0 radical (unpaired) electrons. The zero-order chi connectivity index (χ0) is 17.8. The van der Waals surface area contributed by atoms with E-state index in [0.717, 1.165) is 42.5 Å². The second-order valence-electron chi connectivity index (χ2n) is 6.44. The van der Waals surface area contributed by atoms with Gasteiger partial charge in [0.15, 0.2) is 0 Å². The van der Waals surface area contributed by atoms with E-state index in [2.05, 4.69) is 15.3 Å². The van der Waals surface area contributed by atoms with Gasteiger partial charge in [0.2, 0.25) is 5.82 Å². The summed E-state index contributed by atoms with van der Waals surface area (Å²) >= 11 is 0. The van der Waals surface area contributed by atoms with Gasteiger partial charge in [-0.2, -0.15) is 4.98 Å². The van der Waals surface area contributed by atoms with Crippen LogP contribution in [0.25, 0.3) is 0 Å². The van der Waals surface area contributed by atoms with E-state index in [1.54, 1.807) is 0 Å². The molecule has 1 aromatic carbocycles. The highest BCUT2D eigenvalue weighted by Crippen LogP contribution is 2.35. The maximum atomic E-state index is 11.6. The maximum Gasteiger partial charge on any atom is 0.373 e. The summed E-state index contributed by atoms with van der Waals surface area (Å²) < 4.78 is 5.84. The van der Waals surface area contributed by atoms with E-state index in [9.17, 15) is 10.1 Å². The van der Waals surface area contributed by atoms with E-state index in [1.165, 1.54) is 12.7 Å². The third kappa shape index (κ3) is 4.04. The minimum absolute atomic E-state index is 0.0168. The molecule has 132 valence electrons. The van der Waals surface area contributed by atoms with Gasteiger partial charge < -0.3 is 10.1 Å². The predicted molar refractivity (Wildman–Crippen MR) is 95.4 cm³/mol. The first-order valence-corrected chi connectivity index (χ1v) is 8.55. The molecule has 0 spiro atoms. The number of anilines is 2. The van der Waals surface area contributed by atoms with Crippen molar-refractivity contribution in [2.45, 2.75) is 52.1 Å². The standard InChI is InChI=1S/C18H22N4O3/c1-12-8-9-14(10-13(12)2)21-17-16(22(23)24)18(20-11-19-17)25-15-6-4-3-5-7-15/h8-11,15H,3-7H2,1-2H3,(H,19,20,21). The highest BCUT2D eigenvalue weighted by molar-refractivity contribution is 5.69. The van der Waals surface area contributed by atoms with Crippen molar-refractivity contribution in [1.82, 2.24) is 9.97 Å². The molecule has 0 atom stereocenters. The summed E-state index contributed by atoms with van der Waals surface area (Å²) in [5, 5.41) is 14.6. The molecule has 0 unspecified atom stereocenters. The molecule has 7 nitrogen and oxygen atoms in total. The zero-order valence-corrected chi connectivity index (χ0v) is 14.5. The highest BCUT2D eigenvalue weighted by atomic mass is 16.6. The lowest BCUT2D eigenvalue weighted by molar-refractivity contribution is -0.385. The first kappa shape index (κ1) is 17.1. The number of ether oxygens (including phenoxy) is 1. The lowest BCUT2D eigenvalue weighted by Crippen LogP contribution is -2.21. The van der Waals surface area contributed by atoms with Crippen LogP contribution in [0.4, 0.5) is 17.2 Å². The molecule has 1 saturated carbocycles. The quantitative estimate of drug-likeness (QED) is 0.637. The summed E-state index contributed by atoms with van der Waals surface area (Å²) in [5.41, 5.74) is 2.78. The predicted octanol–water partition coefficient (Wildman–Crippen LogP) is 4.46.